The quantitative estimate of drug-likeness (QED) is 0.817. The summed E-state index contributed by atoms with van der Waals surface area (Å²) in [5.74, 6) is 0.958. The van der Waals surface area contributed by atoms with Gasteiger partial charge in [0, 0.05) is 25.6 Å². The van der Waals surface area contributed by atoms with Crippen LogP contribution in [-0.4, -0.2) is 22.8 Å². The Bertz CT molecular complexity index is 385. The molecule has 0 amide bonds. The molecule has 2 heterocycles. The van der Waals surface area contributed by atoms with Crippen LogP contribution in [0.1, 0.15) is 43.4 Å². The summed E-state index contributed by atoms with van der Waals surface area (Å²) in [5.41, 5.74) is 2.47. The molecule has 0 atom stereocenters. The van der Waals surface area contributed by atoms with Crippen molar-refractivity contribution in [3.05, 3.63) is 17.3 Å². The molecular formula is C13H20N4. The van der Waals surface area contributed by atoms with E-state index in [1.807, 2.05) is 0 Å². The van der Waals surface area contributed by atoms with Crippen LogP contribution in [0.5, 0.6) is 0 Å². The van der Waals surface area contributed by atoms with Crippen LogP contribution in [0.3, 0.4) is 0 Å². The van der Waals surface area contributed by atoms with Crippen LogP contribution >= 0.6 is 0 Å². The van der Waals surface area contributed by atoms with Gasteiger partial charge in [-0.05, 0) is 24.5 Å². The van der Waals surface area contributed by atoms with Crippen LogP contribution in [0.2, 0.25) is 0 Å². The van der Waals surface area contributed by atoms with Gasteiger partial charge in [-0.2, -0.15) is 5.10 Å². The third-order valence-corrected chi connectivity index (χ3v) is 3.77. The van der Waals surface area contributed by atoms with Crippen molar-refractivity contribution >= 4 is 5.82 Å². The maximum atomic E-state index is 4.33. The van der Waals surface area contributed by atoms with Gasteiger partial charge in [0.15, 0.2) is 0 Å². The number of hydrogen-bond donors (Lipinski definition) is 2. The monoisotopic (exact) mass is 232 g/mol. The summed E-state index contributed by atoms with van der Waals surface area (Å²) in [6, 6.07) is 2.77. The highest BCUT2D eigenvalue weighted by atomic mass is 15.2. The van der Waals surface area contributed by atoms with Crippen LogP contribution in [0, 0.1) is 0 Å². The lowest BCUT2D eigenvalue weighted by atomic mass is 9.95. The van der Waals surface area contributed by atoms with E-state index in [9.17, 15) is 0 Å². The summed E-state index contributed by atoms with van der Waals surface area (Å²) < 4.78 is 0. The molecule has 0 unspecified atom stereocenters. The van der Waals surface area contributed by atoms with E-state index < -0.39 is 0 Å². The molecule has 4 heteroatoms. The maximum Gasteiger partial charge on any atom is 0.149 e. The fourth-order valence-electron chi connectivity index (χ4n) is 2.78. The van der Waals surface area contributed by atoms with E-state index in [4.69, 9.17) is 0 Å². The minimum atomic E-state index is 0.604. The van der Waals surface area contributed by atoms with Crippen molar-refractivity contribution < 1.29 is 0 Å². The second-order valence-corrected chi connectivity index (χ2v) is 5.11. The summed E-state index contributed by atoms with van der Waals surface area (Å²) in [4.78, 5) is 0. The van der Waals surface area contributed by atoms with Crippen molar-refractivity contribution in [3.8, 4) is 0 Å². The molecule has 0 spiro atoms. The molecule has 3 rings (SSSR count). The molecule has 1 saturated carbocycles. The molecule has 0 radical (unpaired) electrons. The summed E-state index contributed by atoms with van der Waals surface area (Å²) in [7, 11) is 0. The van der Waals surface area contributed by atoms with Gasteiger partial charge in [-0.15, -0.1) is 5.10 Å². The Balaban J connectivity index is 1.70. The summed E-state index contributed by atoms with van der Waals surface area (Å²) in [6.07, 6.45) is 7.63. The van der Waals surface area contributed by atoms with Crippen LogP contribution in [0.15, 0.2) is 6.07 Å². The maximum absolute atomic E-state index is 4.33. The van der Waals surface area contributed by atoms with E-state index >= 15 is 0 Å². The third kappa shape index (κ3) is 2.57. The number of fused-ring (bicyclic) bond motifs is 1. The predicted octanol–water partition coefficient (Wildman–Crippen LogP) is 1.87. The molecule has 1 aromatic rings. The summed E-state index contributed by atoms with van der Waals surface area (Å²) >= 11 is 0. The molecule has 1 aliphatic heterocycles. The van der Waals surface area contributed by atoms with E-state index in [2.05, 4.69) is 26.9 Å². The highest BCUT2D eigenvalue weighted by Crippen LogP contribution is 2.21. The van der Waals surface area contributed by atoms with E-state index in [-0.39, 0.29) is 0 Å². The molecule has 2 N–H and O–H groups in total. The highest BCUT2D eigenvalue weighted by Gasteiger charge is 2.16. The van der Waals surface area contributed by atoms with Crippen LogP contribution < -0.4 is 10.6 Å². The van der Waals surface area contributed by atoms with E-state index in [1.165, 1.54) is 37.7 Å². The van der Waals surface area contributed by atoms with Gasteiger partial charge in [0.05, 0.1) is 5.69 Å². The average Bonchev–Trinajstić information content (AvgIpc) is 2.40. The van der Waals surface area contributed by atoms with Gasteiger partial charge in [0.2, 0.25) is 0 Å². The molecule has 17 heavy (non-hydrogen) atoms. The van der Waals surface area contributed by atoms with Gasteiger partial charge >= 0.3 is 0 Å². The van der Waals surface area contributed by atoms with Crippen LogP contribution in [0.4, 0.5) is 5.82 Å². The van der Waals surface area contributed by atoms with Gasteiger partial charge in [-0.3, -0.25) is 0 Å². The first-order chi connectivity index (χ1) is 8.42. The minimum Gasteiger partial charge on any atom is -0.366 e. The minimum absolute atomic E-state index is 0.604. The Morgan fingerprint density at radius 3 is 2.94 bits per heavy atom. The topological polar surface area (TPSA) is 49.8 Å². The number of nitrogens with zero attached hydrogens (tertiary/aromatic N) is 2. The van der Waals surface area contributed by atoms with Gasteiger partial charge in [0.25, 0.3) is 0 Å². The largest absolute Gasteiger partial charge is 0.366 e. The van der Waals surface area contributed by atoms with Crippen molar-refractivity contribution in [2.75, 3.05) is 11.9 Å². The van der Waals surface area contributed by atoms with Crippen molar-refractivity contribution in [2.45, 2.75) is 51.1 Å². The molecule has 4 nitrogen and oxygen atoms in total. The van der Waals surface area contributed by atoms with Crippen LogP contribution in [-0.2, 0) is 13.0 Å². The SMILES string of the molecule is c1c(NC2CCCCC2)nnc2c1CNCC2. The number of rotatable bonds is 2. The van der Waals surface area contributed by atoms with Crippen molar-refractivity contribution in [1.82, 2.24) is 15.5 Å². The lowest BCUT2D eigenvalue weighted by Crippen LogP contribution is -2.27. The third-order valence-electron chi connectivity index (χ3n) is 3.77. The molecule has 1 aliphatic carbocycles. The molecule has 92 valence electrons. The molecule has 2 aliphatic rings. The Hall–Kier alpha value is -1.16. The Kier molecular flexibility index (Phi) is 3.22. The first kappa shape index (κ1) is 11.0. The Morgan fingerprint density at radius 1 is 1.18 bits per heavy atom. The standard InChI is InChI=1S/C13H20N4/c1-2-4-11(5-3-1)15-13-8-10-9-14-7-6-12(10)16-17-13/h8,11,14H,1-7,9H2,(H,15,17). The highest BCUT2D eigenvalue weighted by molar-refractivity contribution is 5.39. The smallest absolute Gasteiger partial charge is 0.149 e. The van der Waals surface area contributed by atoms with Crippen LogP contribution in [0.25, 0.3) is 0 Å². The fourth-order valence-corrected chi connectivity index (χ4v) is 2.78. The predicted molar refractivity (Wildman–Crippen MR) is 67.9 cm³/mol. The molecule has 0 bridgehead atoms. The van der Waals surface area contributed by atoms with Crippen molar-refractivity contribution in [3.63, 3.8) is 0 Å². The molecule has 1 aromatic heterocycles. The molecule has 1 fully saturated rings. The number of anilines is 1. The molecule has 0 aromatic carbocycles. The Morgan fingerprint density at radius 2 is 2.06 bits per heavy atom. The van der Waals surface area contributed by atoms with Crippen molar-refractivity contribution in [2.24, 2.45) is 0 Å². The van der Waals surface area contributed by atoms with E-state index in [0.29, 0.717) is 6.04 Å². The molecular weight excluding hydrogens is 212 g/mol. The first-order valence-corrected chi connectivity index (χ1v) is 6.74. The van der Waals surface area contributed by atoms with Crippen molar-refractivity contribution in [1.29, 1.82) is 0 Å². The first-order valence-electron chi connectivity index (χ1n) is 6.74. The summed E-state index contributed by atoms with van der Waals surface area (Å²) in [5, 5.41) is 15.5. The second kappa shape index (κ2) is 5.00. The van der Waals surface area contributed by atoms with E-state index in [1.54, 1.807) is 0 Å². The second-order valence-electron chi connectivity index (χ2n) is 5.11. The number of nitrogens with one attached hydrogen (secondary N) is 2. The van der Waals surface area contributed by atoms with Gasteiger partial charge in [-0.25, -0.2) is 0 Å². The normalized spacial score (nSPS) is 20.9. The number of aromatic nitrogens is 2. The Labute approximate surface area is 102 Å². The molecule has 0 saturated heterocycles. The zero-order chi connectivity index (χ0) is 11.5. The van der Waals surface area contributed by atoms with Gasteiger partial charge in [0.1, 0.15) is 5.82 Å². The fraction of sp³-hybridized carbons (Fsp3) is 0.692. The summed E-state index contributed by atoms with van der Waals surface area (Å²) in [6.45, 7) is 1.96. The van der Waals surface area contributed by atoms with Gasteiger partial charge in [-0.1, -0.05) is 19.3 Å². The van der Waals surface area contributed by atoms with Gasteiger partial charge < -0.3 is 10.6 Å². The number of hydrogen-bond acceptors (Lipinski definition) is 4. The zero-order valence-corrected chi connectivity index (χ0v) is 10.2. The lowest BCUT2D eigenvalue weighted by molar-refractivity contribution is 0.461. The lowest BCUT2D eigenvalue weighted by Gasteiger charge is -2.24. The zero-order valence-electron chi connectivity index (χ0n) is 10.2. The average molecular weight is 232 g/mol. The van der Waals surface area contributed by atoms with E-state index in [0.717, 1.165) is 31.0 Å².